The maximum atomic E-state index is 14.6. The molecule has 2 aromatic rings. The summed E-state index contributed by atoms with van der Waals surface area (Å²) in [6.07, 6.45) is 3.65. The fourth-order valence-electron chi connectivity index (χ4n) is 3.57. The van der Waals surface area contributed by atoms with Crippen molar-refractivity contribution in [2.45, 2.75) is 25.7 Å². The average Bonchev–Trinajstić information content (AvgIpc) is 3.26. The summed E-state index contributed by atoms with van der Waals surface area (Å²) >= 11 is 0. The van der Waals surface area contributed by atoms with Gasteiger partial charge in [-0.1, -0.05) is 6.07 Å². The number of rotatable bonds is 3. The van der Waals surface area contributed by atoms with Crippen LogP contribution in [0.15, 0.2) is 23.1 Å². The van der Waals surface area contributed by atoms with Gasteiger partial charge in [0, 0.05) is 25.1 Å². The summed E-state index contributed by atoms with van der Waals surface area (Å²) in [4.78, 5) is 14.1. The third-order valence-corrected chi connectivity index (χ3v) is 4.96. The van der Waals surface area contributed by atoms with E-state index in [1.807, 2.05) is 17.9 Å². The Kier molecular flexibility index (Phi) is 3.01. The summed E-state index contributed by atoms with van der Waals surface area (Å²) < 4.78 is 16.1. The maximum absolute atomic E-state index is 14.6. The van der Waals surface area contributed by atoms with Crippen LogP contribution in [0.4, 0.5) is 10.1 Å². The molecule has 0 atom stereocenters. The Bertz CT molecular complexity index is 804. The first kappa shape index (κ1) is 13.8. The highest BCUT2D eigenvalue weighted by Gasteiger charge is 2.32. The van der Waals surface area contributed by atoms with Gasteiger partial charge in [-0.05, 0) is 43.4 Å². The summed E-state index contributed by atoms with van der Waals surface area (Å²) in [5, 5.41) is 0. The van der Waals surface area contributed by atoms with Gasteiger partial charge in [-0.2, -0.15) is 0 Å². The molecule has 1 saturated heterocycles. The molecule has 5 heteroatoms. The first-order valence-corrected chi connectivity index (χ1v) is 7.89. The van der Waals surface area contributed by atoms with Crippen LogP contribution < -0.4 is 16.2 Å². The normalized spacial score (nSPS) is 18.8. The summed E-state index contributed by atoms with van der Waals surface area (Å²) in [6.45, 7) is 4.15. The van der Waals surface area contributed by atoms with Crippen molar-refractivity contribution in [3.05, 3.63) is 45.6 Å². The van der Waals surface area contributed by atoms with Gasteiger partial charge in [-0.3, -0.25) is 9.20 Å². The molecule has 2 fully saturated rings. The van der Waals surface area contributed by atoms with Crippen molar-refractivity contribution in [3.63, 3.8) is 0 Å². The molecule has 0 spiro atoms. The minimum absolute atomic E-state index is 0.170. The van der Waals surface area contributed by atoms with Gasteiger partial charge < -0.3 is 10.6 Å². The highest BCUT2D eigenvalue weighted by atomic mass is 19.1. The number of aryl methyl sites for hydroxylation is 1. The van der Waals surface area contributed by atoms with E-state index in [2.05, 4.69) is 0 Å². The number of hydrogen-bond donors (Lipinski definition) is 1. The fraction of sp³-hybridized carbons (Fsp3) is 0.471. The molecule has 0 bridgehead atoms. The summed E-state index contributed by atoms with van der Waals surface area (Å²) in [6, 6.07) is 3.47. The first-order valence-electron chi connectivity index (χ1n) is 7.89. The highest BCUT2D eigenvalue weighted by Crippen LogP contribution is 2.43. The molecule has 2 aliphatic rings. The number of anilines is 1. The lowest BCUT2D eigenvalue weighted by atomic mass is 9.97. The summed E-state index contributed by atoms with van der Waals surface area (Å²) in [5.74, 6) is 0.632. The van der Waals surface area contributed by atoms with Gasteiger partial charge in [-0.25, -0.2) is 4.39 Å². The molecule has 1 aliphatic carbocycles. The van der Waals surface area contributed by atoms with Crippen LogP contribution in [0, 0.1) is 18.7 Å². The minimum Gasteiger partial charge on any atom is -0.368 e. The van der Waals surface area contributed by atoms with E-state index in [0.29, 0.717) is 24.1 Å². The molecule has 116 valence electrons. The van der Waals surface area contributed by atoms with Gasteiger partial charge in [0.1, 0.15) is 0 Å². The van der Waals surface area contributed by atoms with Crippen molar-refractivity contribution in [2.75, 3.05) is 24.5 Å². The molecule has 2 aromatic heterocycles. The fourth-order valence-corrected chi connectivity index (χ4v) is 3.57. The summed E-state index contributed by atoms with van der Waals surface area (Å²) in [5.41, 5.74) is 9.07. The molecule has 3 heterocycles. The number of nitrogens with zero attached hydrogens (tertiary/aromatic N) is 2. The van der Waals surface area contributed by atoms with Gasteiger partial charge in [-0.15, -0.1) is 0 Å². The zero-order valence-corrected chi connectivity index (χ0v) is 12.7. The second kappa shape index (κ2) is 4.81. The van der Waals surface area contributed by atoms with Crippen molar-refractivity contribution < 1.29 is 4.39 Å². The monoisotopic (exact) mass is 301 g/mol. The third-order valence-electron chi connectivity index (χ3n) is 4.96. The molecular weight excluding hydrogens is 281 g/mol. The predicted octanol–water partition coefficient (Wildman–Crippen LogP) is 2.02. The average molecular weight is 301 g/mol. The van der Waals surface area contributed by atoms with E-state index in [1.54, 1.807) is 6.07 Å². The van der Waals surface area contributed by atoms with Gasteiger partial charge in [0.25, 0.3) is 5.56 Å². The molecule has 2 N–H and O–H groups in total. The highest BCUT2D eigenvalue weighted by molar-refractivity contribution is 5.73. The SMILES string of the molecule is Cc1c(N2CC(CN)C2)c(F)cn2c(=O)ccc(C3CC3)c12. The van der Waals surface area contributed by atoms with E-state index >= 15 is 0 Å². The number of pyridine rings is 2. The Morgan fingerprint density at radius 1 is 1.32 bits per heavy atom. The van der Waals surface area contributed by atoms with Crippen LogP contribution in [0.3, 0.4) is 0 Å². The van der Waals surface area contributed by atoms with Crippen LogP contribution >= 0.6 is 0 Å². The number of hydrogen-bond acceptors (Lipinski definition) is 3. The Hall–Kier alpha value is -1.88. The Labute approximate surface area is 128 Å². The topological polar surface area (TPSA) is 50.7 Å². The minimum atomic E-state index is -0.324. The molecule has 4 rings (SSSR count). The first-order chi connectivity index (χ1) is 10.6. The maximum Gasteiger partial charge on any atom is 0.255 e. The molecule has 0 amide bonds. The zero-order valence-electron chi connectivity index (χ0n) is 12.7. The second-order valence-electron chi connectivity index (χ2n) is 6.58. The van der Waals surface area contributed by atoms with Crippen LogP contribution in [0.2, 0.25) is 0 Å². The number of halogens is 1. The number of nitrogens with two attached hydrogens (primary N) is 1. The Morgan fingerprint density at radius 2 is 2.05 bits per heavy atom. The molecule has 0 radical (unpaired) electrons. The van der Waals surface area contributed by atoms with Crippen LogP contribution in [0.5, 0.6) is 0 Å². The molecular formula is C17H20FN3O. The quantitative estimate of drug-likeness (QED) is 0.943. The van der Waals surface area contributed by atoms with Gasteiger partial charge >= 0.3 is 0 Å². The van der Waals surface area contributed by atoms with Crippen LogP contribution in [-0.4, -0.2) is 24.0 Å². The van der Waals surface area contributed by atoms with E-state index in [9.17, 15) is 9.18 Å². The number of fused-ring (bicyclic) bond motifs is 1. The third kappa shape index (κ3) is 1.96. The lowest BCUT2D eigenvalue weighted by molar-refractivity contribution is 0.413. The zero-order chi connectivity index (χ0) is 15.4. The van der Waals surface area contributed by atoms with Crippen molar-refractivity contribution in [1.29, 1.82) is 0 Å². The molecule has 0 aromatic carbocycles. The Balaban J connectivity index is 1.91. The van der Waals surface area contributed by atoms with Gasteiger partial charge in [0.15, 0.2) is 5.82 Å². The van der Waals surface area contributed by atoms with Gasteiger partial charge in [0.2, 0.25) is 0 Å². The molecule has 4 nitrogen and oxygen atoms in total. The van der Waals surface area contributed by atoms with Crippen LogP contribution in [0.25, 0.3) is 5.52 Å². The van der Waals surface area contributed by atoms with Crippen molar-refractivity contribution in [2.24, 2.45) is 11.7 Å². The van der Waals surface area contributed by atoms with Crippen LogP contribution in [0.1, 0.15) is 29.9 Å². The van der Waals surface area contributed by atoms with Gasteiger partial charge in [0.05, 0.1) is 17.4 Å². The van der Waals surface area contributed by atoms with E-state index in [-0.39, 0.29) is 11.4 Å². The van der Waals surface area contributed by atoms with Crippen molar-refractivity contribution in [3.8, 4) is 0 Å². The van der Waals surface area contributed by atoms with E-state index < -0.39 is 0 Å². The summed E-state index contributed by atoms with van der Waals surface area (Å²) in [7, 11) is 0. The smallest absolute Gasteiger partial charge is 0.255 e. The molecule has 0 unspecified atom stereocenters. The van der Waals surface area contributed by atoms with E-state index in [4.69, 9.17) is 5.73 Å². The second-order valence-corrected chi connectivity index (χ2v) is 6.58. The van der Waals surface area contributed by atoms with Crippen LogP contribution in [-0.2, 0) is 0 Å². The predicted molar refractivity (Wildman–Crippen MR) is 85.1 cm³/mol. The molecule has 1 aliphatic heterocycles. The van der Waals surface area contributed by atoms with Crippen molar-refractivity contribution >= 4 is 11.2 Å². The van der Waals surface area contributed by atoms with E-state index in [1.165, 1.54) is 16.2 Å². The molecule has 1 saturated carbocycles. The standard InChI is InChI=1S/C17H20FN3O/c1-10-16-13(12-2-3-12)4-5-15(22)21(16)9-14(18)17(10)20-7-11(6-19)8-20/h4-5,9,11-12H,2-3,6-8,19H2,1H3. The van der Waals surface area contributed by atoms with Crippen molar-refractivity contribution in [1.82, 2.24) is 4.40 Å². The lowest BCUT2D eigenvalue weighted by Gasteiger charge is -2.41. The largest absolute Gasteiger partial charge is 0.368 e. The Morgan fingerprint density at radius 3 is 2.68 bits per heavy atom. The van der Waals surface area contributed by atoms with E-state index in [0.717, 1.165) is 37.0 Å². The lowest BCUT2D eigenvalue weighted by Crippen LogP contribution is -2.50. The molecule has 22 heavy (non-hydrogen) atoms. The number of aromatic nitrogens is 1.